The van der Waals surface area contributed by atoms with Crippen molar-refractivity contribution in [3.05, 3.63) is 35.2 Å². The van der Waals surface area contributed by atoms with Gasteiger partial charge in [0.15, 0.2) is 11.1 Å². The van der Waals surface area contributed by atoms with Crippen LogP contribution in [0.2, 0.25) is 0 Å². The smallest absolute Gasteiger partial charge is 0.228 e. The Bertz CT molecular complexity index is 745. The van der Waals surface area contributed by atoms with Crippen LogP contribution >= 0.6 is 12.2 Å². The van der Waals surface area contributed by atoms with Crippen molar-refractivity contribution in [2.75, 3.05) is 7.11 Å². The van der Waals surface area contributed by atoms with Gasteiger partial charge in [-0.25, -0.2) is 0 Å². The van der Waals surface area contributed by atoms with E-state index in [1.807, 2.05) is 22.8 Å². The molecule has 19 heavy (non-hydrogen) atoms. The molecule has 0 spiro atoms. The highest BCUT2D eigenvalue weighted by molar-refractivity contribution is 7.71. The lowest BCUT2D eigenvalue weighted by molar-refractivity contribution is 0.371. The number of rotatable bonds is 4. The standard InChI is InChI=1S/C12H12N4O2S/c1-17-8-2-3-9-10(6-8)16(12(19)15-9)5-4-11-13-7-14-18-11/h2-3,6-7H,4-5H2,1H3,(H,15,19). The Morgan fingerprint density at radius 3 is 3.11 bits per heavy atom. The van der Waals surface area contributed by atoms with Crippen LogP contribution in [0.25, 0.3) is 11.0 Å². The average Bonchev–Trinajstić information content (AvgIpc) is 3.03. The minimum atomic E-state index is 0.596. The summed E-state index contributed by atoms with van der Waals surface area (Å²) in [5, 5.41) is 3.59. The van der Waals surface area contributed by atoms with E-state index in [1.165, 1.54) is 6.33 Å². The highest BCUT2D eigenvalue weighted by Gasteiger charge is 2.07. The molecule has 0 aliphatic carbocycles. The maximum Gasteiger partial charge on any atom is 0.228 e. The molecule has 0 amide bonds. The fourth-order valence-corrected chi connectivity index (χ4v) is 2.29. The lowest BCUT2D eigenvalue weighted by Gasteiger charge is -2.04. The third-order valence-corrected chi connectivity index (χ3v) is 3.26. The summed E-state index contributed by atoms with van der Waals surface area (Å²) in [7, 11) is 1.64. The van der Waals surface area contributed by atoms with Crippen molar-refractivity contribution in [2.45, 2.75) is 13.0 Å². The number of aromatic nitrogens is 4. The fourth-order valence-electron chi connectivity index (χ4n) is 2.00. The third-order valence-electron chi connectivity index (χ3n) is 2.94. The first-order chi connectivity index (χ1) is 9.28. The Kier molecular flexibility index (Phi) is 3.04. The second-order valence-corrected chi connectivity index (χ2v) is 4.44. The first-order valence-corrected chi connectivity index (χ1v) is 6.21. The first-order valence-electron chi connectivity index (χ1n) is 5.80. The molecule has 0 bridgehead atoms. The lowest BCUT2D eigenvalue weighted by atomic mass is 10.3. The molecule has 0 unspecified atom stereocenters. The summed E-state index contributed by atoms with van der Waals surface area (Å²) in [6.07, 6.45) is 2.03. The molecule has 1 aromatic carbocycles. The summed E-state index contributed by atoms with van der Waals surface area (Å²) in [4.78, 5) is 7.16. The number of methoxy groups -OCH3 is 1. The highest BCUT2D eigenvalue weighted by Crippen LogP contribution is 2.20. The quantitative estimate of drug-likeness (QED) is 0.741. The highest BCUT2D eigenvalue weighted by atomic mass is 32.1. The number of hydrogen-bond donors (Lipinski definition) is 1. The molecular weight excluding hydrogens is 264 g/mol. The number of fused-ring (bicyclic) bond motifs is 1. The van der Waals surface area contributed by atoms with Gasteiger partial charge in [0.25, 0.3) is 0 Å². The largest absolute Gasteiger partial charge is 0.497 e. The maximum atomic E-state index is 5.33. The van der Waals surface area contributed by atoms with Crippen molar-refractivity contribution < 1.29 is 9.26 Å². The molecule has 0 aliphatic heterocycles. The molecule has 6 nitrogen and oxygen atoms in total. The van der Waals surface area contributed by atoms with E-state index in [-0.39, 0.29) is 0 Å². The van der Waals surface area contributed by atoms with Gasteiger partial charge in [0, 0.05) is 19.0 Å². The molecule has 3 rings (SSSR count). The molecule has 2 heterocycles. The van der Waals surface area contributed by atoms with E-state index in [9.17, 15) is 0 Å². The van der Waals surface area contributed by atoms with Gasteiger partial charge in [0.2, 0.25) is 5.89 Å². The zero-order valence-electron chi connectivity index (χ0n) is 10.3. The Hall–Kier alpha value is -2.15. The van der Waals surface area contributed by atoms with E-state index in [1.54, 1.807) is 7.11 Å². The fraction of sp³-hybridized carbons (Fsp3) is 0.250. The summed E-state index contributed by atoms with van der Waals surface area (Å²) < 4.78 is 12.9. The van der Waals surface area contributed by atoms with Gasteiger partial charge in [0.1, 0.15) is 5.75 Å². The van der Waals surface area contributed by atoms with Crippen molar-refractivity contribution >= 4 is 23.3 Å². The number of H-pyrrole nitrogens is 1. The molecule has 2 aromatic heterocycles. The van der Waals surface area contributed by atoms with E-state index < -0.39 is 0 Å². The zero-order valence-corrected chi connectivity index (χ0v) is 11.1. The van der Waals surface area contributed by atoms with Gasteiger partial charge >= 0.3 is 0 Å². The minimum Gasteiger partial charge on any atom is -0.497 e. The van der Waals surface area contributed by atoms with Crippen molar-refractivity contribution in [3.63, 3.8) is 0 Å². The monoisotopic (exact) mass is 276 g/mol. The molecule has 0 aliphatic rings. The Morgan fingerprint density at radius 2 is 2.37 bits per heavy atom. The topological polar surface area (TPSA) is 68.9 Å². The van der Waals surface area contributed by atoms with E-state index in [4.69, 9.17) is 21.5 Å². The van der Waals surface area contributed by atoms with Gasteiger partial charge in [-0.05, 0) is 24.4 Å². The maximum absolute atomic E-state index is 5.33. The van der Waals surface area contributed by atoms with E-state index in [2.05, 4.69) is 15.1 Å². The predicted octanol–water partition coefficient (Wildman–Crippen LogP) is 2.33. The molecule has 1 N–H and O–H groups in total. The van der Waals surface area contributed by atoms with Crippen LogP contribution in [0.15, 0.2) is 29.0 Å². The van der Waals surface area contributed by atoms with Crippen molar-refractivity contribution in [2.24, 2.45) is 0 Å². The SMILES string of the molecule is COc1ccc2[nH]c(=S)n(CCc3ncno3)c2c1. The molecular formula is C12H12N4O2S. The second-order valence-electron chi connectivity index (χ2n) is 4.05. The van der Waals surface area contributed by atoms with Gasteiger partial charge in [-0.2, -0.15) is 4.98 Å². The third kappa shape index (κ3) is 2.24. The van der Waals surface area contributed by atoms with Crippen LogP contribution in [0, 0.1) is 4.77 Å². The van der Waals surface area contributed by atoms with Gasteiger partial charge < -0.3 is 18.8 Å². The molecule has 0 saturated carbocycles. The molecule has 0 saturated heterocycles. The van der Waals surface area contributed by atoms with Crippen molar-refractivity contribution in [1.82, 2.24) is 19.7 Å². The van der Waals surface area contributed by atoms with Gasteiger partial charge in [-0.1, -0.05) is 5.16 Å². The van der Waals surface area contributed by atoms with Crippen molar-refractivity contribution in [1.29, 1.82) is 0 Å². The molecule has 98 valence electrons. The lowest BCUT2D eigenvalue weighted by Crippen LogP contribution is -2.01. The average molecular weight is 276 g/mol. The number of aryl methyl sites for hydroxylation is 2. The number of aromatic amines is 1. The Morgan fingerprint density at radius 1 is 1.47 bits per heavy atom. The van der Waals surface area contributed by atoms with E-state index in [0.29, 0.717) is 23.6 Å². The Labute approximate surface area is 114 Å². The van der Waals surface area contributed by atoms with Crippen LogP contribution < -0.4 is 4.74 Å². The minimum absolute atomic E-state index is 0.596. The van der Waals surface area contributed by atoms with Gasteiger partial charge in [-0.3, -0.25) is 0 Å². The van der Waals surface area contributed by atoms with E-state index >= 15 is 0 Å². The van der Waals surface area contributed by atoms with Gasteiger partial charge in [-0.15, -0.1) is 0 Å². The van der Waals surface area contributed by atoms with Gasteiger partial charge in [0.05, 0.1) is 18.1 Å². The summed E-state index contributed by atoms with van der Waals surface area (Å²) in [5.74, 6) is 1.40. The van der Waals surface area contributed by atoms with E-state index in [0.717, 1.165) is 16.8 Å². The normalized spacial score (nSPS) is 11.0. The van der Waals surface area contributed by atoms with Crippen LogP contribution in [0.1, 0.15) is 5.89 Å². The molecule has 3 aromatic rings. The van der Waals surface area contributed by atoms with Crippen LogP contribution in [0.5, 0.6) is 5.75 Å². The molecule has 7 heteroatoms. The summed E-state index contributed by atoms with van der Waals surface area (Å²) in [5.41, 5.74) is 1.99. The second kappa shape index (κ2) is 4.85. The summed E-state index contributed by atoms with van der Waals surface area (Å²) >= 11 is 5.33. The number of ether oxygens (including phenoxy) is 1. The Balaban J connectivity index is 1.97. The first kappa shape index (κ1) is 11.9. The molecule has 0 radical (unpaired) electrons. The number of hydrogen-bond acceptors (Lipinski definition) is 5. The number of imidazole rings is 1. The van der Waals surface area contributed by atoms with Crippen LogP contribution in [-0.2, 0) is 13.0 Å². The van der Waals surface area contributed by atoms with Crippen LogP contribution in [-0.4, -0.2) is 26.8 Å². The molecule has 0 atom stereocenters. The van der Waals surface area contributed by atoms with Crippen molar-refractivity contribution in [3.8, 4) is 5.75 Å². The number of nitrogens with one attached hydrogen (secondary N) is 1. The molecule has 0 fully saturated rings. The van der Waals surface area contributed by atoms with Crippen LogP contribution in [0.3, 0.4) is 0 Å². The summed E-state index contributed by atoms with van der Waals surface area (Å²) in [6, 6.07) is 5.80. The number of benzene rings is 1. The predicted molar refractivity (Wildman–Crippen MR) is 71.7 cm³/mol. The summed E-state index contributed by atoms with van der Waals surface area (Å²) in [6.45, 7) is 0.675. The zero-order chi connectivity index (χ0) is 13.2. The number of nitrogens with zero attached hydrogens (tertiary/aromatic N) is 3. The van der Waals surface area contributed by atoms with Crippen LogP contribution in [0.4, 0.5) is 0 Å².